The Labute approximate surface area is 113 Å². The summed E-state index contributed by atoms with van der Waals surface area (Å²) in [6.45, 7) is 1.06. The third kappa shape index (κ3) is 3.51. The van der Waals surface area contributed by atoms with Crippen LogP contribution in [0.1, 0.15) is 18.4 Å². The number of nitro groups is 1. The molecule has 2 N–H and O–H groups in total. The molecule has 18 heavy (non-hydrogen) atoms. The van der Waals surface area contributed by atoms with Gasteiger partial charge in [-0.25, -0.2) is 0 Å². The third-order valence-corrected chi connectivity index (χ3v) is 3.73. The number of nitrogens with one attached hydrogen (secondary N) is 1. The highest BCUT2D eigenvalue weighted by molar-refractivity contribution is 9.10. The predicted octanol–water partition coefficient (Wildman–Crippen LogP) is 2.22. The molecule has 1 aliphatic rings. The second-order valence-electron chi connectivity index (χ2n) is 4.58. The first-order chi connectivity index (χ1) is 8.58. The Morgan fingerprint density at radius 2 is 2.28 bits per heavy atom. The molecule has 1 fully saturated rings. The van der Waals surface area contributed by atoms with E-state index in [0.717, 1.165) is 18.4 Å². The Morgan fingerprint density at radius 1 is 1.56 bits per heavy atom. The predicted molar refractivity (Wildman–Crippen MR) is 71.2 cm³/mol. The van der Waals surface area contributed by atoms with E-state index in [1.54, 1.807) is 12.1 Å². The quantitative estimate of drug-likeness (QED) is 0.623. The molecule has 0 radical (unpaired) electrons. The molecular formula is C12H15BrN2O3. The molecule has 6 heteroatoms. The van der Waals surface area contributed by atoms with Crippen LogP contribution in [-0.2, 0) is 6.54 Å². The van der Waals surface area contributed by atoms with Crippen molar-refractivity contribution in [1.29, 1.82) is 0 Å². The Hall–Kier alpha value is -0.980. The van der Waals surface area contributed by atoms with Crippen molar-refractivity contribution in [2.24, 2.45) is 5.92 Å². The van der Waals surface area contributed by atoms with Gasteiger partial charge in [0.25, 0.3) is 5.69 Å². The van der Waals surface area contributed by atoms with Crippen LogP contribution in [0.4, 0.5) is 5.69 Å². The summed E-state index contributed by atoms with van der Waals surface area (Å²) in [5.41, 5.74) is 0.907. The first-order valence-corrected chi connectivity index (χ1v) is 6.69. The van der Waals surface area contributed by atoms with Gasteiger partial charge in [0, 0.05) is 19.2 Å². The molecular weight excluding hydrogens is 300 g/mol. The maximum atomic E-state index is 10.8. The molecule has 5 nitrogen and oxygen atoms in total. The lowest BCUT2D eigenvalue weighted by Crippen LogP contribution is -2.27. The number of nitrogens with zero attached hydrogens (tertiary/aromatic N) is 1. The highest BCUT2D eigenvalue weighted by atomic mass is 79.9. The molecule has 1 saturated carbocycles. The van der Waals surface area contributed by atoms with Crippen molar-refractivity contribution >= 4 is 21.6 Å². The number of hydrogen-bond donors (Lipinski definition) is 2. The maximum Gasteiger partial charge on any atom is 0.283 e. The molecule has 0 aliphatic heterocycles. The van der Waals surface area contributed by atoms with E-state index in [4.69, 9.17) is 0 Å². The third-order valence-electron chi connectivity index (χ3n) is 3.06. The molecule has 1 aromatic rings. The van der Waals surface area contributed by atoms with E-state index in [1.165, 1.54) is 0 Å². The first-order valence-electron chi connectivity index (χ1n) is 5.89. The second kappa shape index (κ2) is 5.77. The van der Waals surface area contributed by atoms with Crippen molar-refractivity contribution in [2.75, 3.05) is 6.54 Å². The van der Waals surface area contributed by atoms with Gasteiger partial charge in [-0.2, -0.15) is 0 Å². The van der Waals surface area contributed by atoms with Crippen LogP contribution in [0.2, 0.25) is 0 Å². The minimum Gasteiger partial charge on any atom is -0.392 e. The molecule has 1 unspecified atom stereocenters. The SMILES string of the molecule is O=[N+]([O-])c1cc(CNCC(O)C2CC2)ccc1Br. The van der Waals surface area contributed by atoms with Crippen LogP contribution in [-0.4, -0.2) is 22.7 Å². The Balaban J connectivity index is 1.88. The Bertz CT molecular complexity index is 449. The lowest BCUT2D eigenvalue weighted by Gasteiger charge is -2.10. The van der Waals surface area contributed by atoms with Crippen LogP contribution in [0.25, 0.3) is 0 Å². The van der Waals surface area contributed by atoms with E-state index in [-0.39, 0.29) is 11.8 Å². The fourth-order valence-corrected chi connectivity index (χ4v) is 2.21. The van der Waals surface area contributed by atoms with Gasteiger partial charge in [-0.15, -0.1) is 0 Å². The molecule has 1 aromatic carbocycles. The van der Waals surface area contributed by atoms with Gasteiger partial charge < -0.3 is 10.4 Å². The summed E-state index contributed by atoms with van der Waals surface area (Å²) in [6, 6.07) is 5.04. The van der Waals surface area contributed by atoms with Crippen LogP contribution in [0.3, 0.4) is 0 Å². The van der Waals surface area contributed by atoms with Crippen molar-refractivity contribution in [3.8, 4) is 0 Å². The molecule has 0 amide bonds. The summed E-state index contributed by atoms with van der Waals surface area (Å²) in [6.07, 6.45) is 1.91. The minimum atomic E-state index is -0.410. The standard InChI is InChI=1S/C12H15BrN2O3/c13-10-4-1-8(5-11(10)15(17)18)6-14-7-12(16)9-2-3-9/h1,4-5,9,12,14,16H,2-3,6-7H2. The van der Waals surface area contributed by atoms with Gasteiger partial charge in [0.05, 0.1) is 15.5 Å². The molecule has 1 aliphatic carbocycles. The minimum absolute atomic E-state index is 0.0667. The summed E-state index contributed by atoms with van der Waals surface area (Å²) < 4.78 is 0.481. The zero-order valence-corrected chi connectivity index (χ0v) is 11.4. The van der Waals surface area contributed by atoms with Crippen LogP contribution in [0, 0.1) is 16.0 Å². The smallest absolute Gasteiger partial charge is 0.283 e. The van der Waals surface area contributed by atoms with Crippen molar-refractivity contribution in [3.63, 3.8) is 0 Å². The van der Waals surface area contributed by atoms with Crippen molar-refractivity contribution < 1.29 is 10.0 Å². The van der Waals surface area contributed by atoms with Gasteiger partial charge in [-0.1, -0.05) is 6.07 Å². The van der Waals surface area contributed by atoms with Crippen molar-refractivity contribution in [3.05, 3.63) is 38.3 Å². The number of hydrogen-bond acceptors (Lipinski definition) is 4. The number of rotatable bonds is 6. The van der Waals surface area contributed by atoms with Crippen LogP contribution >= 0.6 is 15.9 Å². The Kier molecular flexibility index (Phi) is 4.31. The van der Waals surface area contributed by atoms with Gasteiger partial charge in [0.15, 0.2) is 0 Å². The lowest BCUT2D eigenvalue weighted by atomic mass is 10.2. The molecule has 1 atom stereocenters. The molecule has 2 rings (SSSR count). The largest absolute Gasteiger partial charge is 0.392 e. The van der Waals surface area contributed by atoms with Crippen molar-refractivity contribution in [2.45, 2.75) is 25.5 Å². The summed E-state index contributed by atoms with van der Waals surface area (Å²) in [4.78, 5) is 10.4. The fourth-order valence-electron chi connectivity index (χ4n) is 1.82. The van der Waals surface area contributed by atoms with Crippen molar-refractivity contribution in [1.82, 2.24) is 5.32 Å². The summed E-state index contributed by atoms with van der Waals surface area (Å²) in [7, 11) is 0. The monoisotopic (exact) mass is 314 g/mol. The van der Waals surface area contributed by atoms with E-state index in [1.807, 2.05) is 6.07 Å². The van der Waals surface area contributed by atoms with E-state index in [2.05, 4.69) is 21.2 Å². The first kappa shape index (κ1) is 13.5. The van der Waals surface area contributed by atoms with E-state index in [9.17, 15) is 15.2 Å². The normalized spacial score (nSPS) is 16.6. The molecule has 0 heterocycles. The molecule has 0 bridgehead atoms. The summed E-state index contributed by atoms with van der Waals surface area (Å²) in [5.74, 6) is 0.441. The zero-order chi connectivity index (χ0) is 13.1. The average molecular weight is 315 g/mol. The number of nitro benzene ring substituents is 1. The topological polar surface area (TPSA) is 75.4 Å². The highest BCUT2D eigenvalue weighted by Gasteiger charge is 2.29. The zero-order valence-electron chi connectivity index (χ0n) is 9.80. The van der Waals surface area contributed by atoms with Crippen LogP contribution in [0.15, 0.2) is 22.7 Å². The van der Waals surface area contributed by atoms with Gasteiger partial charge >= 0.3 is 0 Å². The number of halogens is 1. The maximum absolute atomic E-state index is 10.8. The van der Waals surface area contributed by atoms with Crippen LogP contribution < -0.4 is 5.32 Å². The number of aliphatic hydroxyl groups is 1. The van der Waals surface area contributed by atoms with Gasteiger partial charge in [-0.05, 0) is 46.3 Å². The fraction of sp³-hybridized carbons (Fsp3) is 0.500. The average Bonchev–Trinajstić information content (AvgIpc) is 3.14. The summed E-state index contributed by atoms with van der Waals surface area (Å²) in [5, 5.41) is 23.6. The molecule has 0 spiro atoms. The Morgan fingerprint density at radius 3 is 2.89 bits per heavy atom. The van der Waals surface area contributed by atoms with Gasteiger partial charge in [0.1, 0.15) is 0 Å². The second-order valence-corrected chi connectivity index (χ2v) is 5.43. The highest BCUT2D eigenvalue weighted by Crippen LogP contribution is 2.32. The number of benzene rings is 1. The molecule has 98 valence electrons. The lowest BCUT2D eigenvalue weighted by molar-refractivity contribution is -0.385. The van der Waals surface area contributed by atoms with Crippen LogP contribution in [0.5, 0.6) is 0 Å². The summed E-state index contributed by atoms with van der Waals surface area (Å²) >= 11 is 3.15. The molecule has 0 saturated heterocycles. The number of aliphatic hydroxyl groups excluding tert-OH is 1. The van der Waals surface area contributed by atoms with Gasteiger partial charge in [0.2, 0.25) is 0 Å². The molecule has 0 aromatic heterocycles. The van der Waals surface area contributed by atoms with E-state index in [0.29, 0.717) is 23.5 Å². The van der Waals surface area contributed by atoms with E-state index >= 15 is 0 Å². The van der Waals surface area contributed by atoms with Gasteiger partial charge in [-0.3, -0.25) is 10.1 Å². The van der Waals surface area contributed by atoms with E-state index < -0.39 is 4.92 Å².